The molecule has 0 spiro atoms. The fourth-order valence-corrected chi connectivity index (χ4v) is 1.28. The Labute approximate surface area is 71.0 Å². The second kappa shape index (κ2) is 3.56. The highest BCUT2D eigenvalue weighted by Crippen LogP contribution is 2.33. The van der Waals surface area contributed by atoms with Crippen molar-refractivity contribution in [2.75, 3.05) is 0 Å². The Morgan fingerprint density at radius 2 is 2.17 bits per heavy atom. The zero-order valence-electron chi connectivity index (χ0n) is 7.04. The fraction of sp³-hybridized carbons (Fsp3) is 0.750. The van der Waals surface area contributed by atoms with Gasteiger partial charge in [-0.15, -0.1) is 0 Å². The summed E-state index contributed by atoms with van der Waals surface area (Å²) in [6.45, 7) is 1.41. The van der Waals surface area contributed by atoms with Crippen LogP contribution in [0.4, 0.5) is 0 Å². The van der Waals surface area contributed by atoms with Gasteiger partial charge in [0.25, 0.3) is 0 Å². The normalized spacial score (nSPS) is 18.4. The molecule has 1 aliphatic carbocycles. The Morgan fingerprint density at radius 3 is 2.50 bits per heavy atom. The lowest BCUT2D eigenvalue weighted by molar-refractivity contribution is -0.137. The van der Waals surface area contributed by atoms with Crippen molar-refractivity contribution in [3.63, 3.8) is 0 Å². The van der Waals surface area contributed by atoms with Crippen LogP contribution in [0.3, 0.4) is 0 Å². The topological polar surface area (TPSA) is 66.4 Å². The molecule has 1 amide bonds. The van der Waals surface area contributed by atoms with Crippen molar-refractivity contribution in [3.8, 4) is 0 Å². The smallest absolute Gasteiger partial charge is 0.305 e. The molecule has 12 heavy (non-hydrogen) atoms. The van der Waals surface area contributed by atoms with Crippen LogP contribution in [0.5, 0.6) is 0 Å². The van der Waals surface area contributed by atoms with Crippen molar-refractivity contribution in [2.45, 2.75) is 32.2 Å². The van der Waals surface area contributed by atoms with Crippen LogP contribution in [0.1, 0.15) is 26.2 Å². The number of rotatable bonds is 4. The molecule has 1 saturated carbocycles. The van der Waals surface area contributed by atoms with Crippen LogP contribution in [0.2, 0.25) is 0 Å². The van der Waals surface area contributed by atoms with Gasteiger partial charge >= 0.3 is 5.97 Å². The van der Waals surface area contributed by atoms with Crippen LogP contribution in [0.25, 0.3) is 0 Å². The van der Waals surface area contributed by atoms with Crippen LogP contribution in [0.15, 0.2) is 0 Å². The molecule has 0 radical (unpaired) electrons. The summed E-state index contributed by atoms with van der Waals surface area (Å²) in [6, 6.07) is -0.153. The predicted octanol–water partition coefficient (Wildman–Crippen LogP) is 0.376. The number of hydrogen-bond donors (Lipinski definition) is 2. The number of carboxylic acids is 1. The molecule has 0 aromatic carbocycles. The molecular formula is C8H13NO3. The third-order valence-corrected chi connectivity index (χ3v) is 1.97. The average molecular weight is 171 g/mol. The van der Waals surface area contributed by atoms with E-state index < -0.39 is 5.97 Å². The third-order valence-electron chi connectivity index (χ3n) is 1.97. The molecular weight excluding hydrogens is 158 g/mol. The van der Waals surface area contributed by atoms with Gasteiger partial charge in [-0.2, -0.15) is 0 Å². The zero-order valence-corrected chi connectivity index (χ0v) is 7.04. The molecule has 68 valence electrons. The van der Waals surface area contributed by atoms with Gasteiger partial charge in [-0.1, -0.05) is 0 Å². The van der Waals surface area contributed by atoms with Crippen molar-refractivity contribution in [3.05, 3.63) is 0 Å². The van der Waals surface area contributed by atoms with Crippen molar-refractivity contribution in [2.24, 2.45) is 5.92 Å². The van der Waals surface area contributed by atoms with Crippen LogP contribution in [0, 0.1) is 5.92 Å². The van der Waals surface area contributed by atoms with Crippen molar-refractivity contribution >= 4 is 11.9 Å². The maximum Gasteiger partial charge on any atom is 0.305 e. The van der Waals surface area contributed by atoms with Crippen molar-refractivity contribution < 1.29 is 14.7 Å². The van der Waals surface area contributed by atoms with Gasteiger partial charge in [-0.3, -0.25) is 9.59 Å². The molecule has 2 N–H and O–H groups in total. The van der Waals surface area contributed by atoms with Gasteiger partial charge in [0.1, 0.15) is 0 Å². The number of aliphatic carboxylic acids is 1. The van der Waals surface area contributed by atoms with Gasteiger partial charge in [0.15, 0.2) is 0 Å². The highest BCUT2D eigenvalue weighted by atomic mass is 16.4. The van der Waals surface area contributed by atoms with E-state index in [-0.39, 0.29) is 18.4 Å². The summed E-state index contributed by atoms with van der Waals surface area (Å²) in [5, 5.41) is 11.2. The molecule has 0 heterocycles. The molecule has 1 atom stereocenters. The largest absolute Gasteiger partial charge is 0.481 e. The SMILES string of the molecule is CC(=O)N[C@@H](CC(=O)O)C1CC1. The Bertz CT molecular complexity index is 182. The van der Waals surface area contributed by atoms with Gasteiger partial charge < -0.3 is 10.4 Å². The molecule has 4 heteroatoms. The highest BCUT2D eigenvalue weighted by molar-refractivity contribution is 5.75. The summed E-state index contributed by atoms with van der Waals surface area (Å²) in [5.74, 6) is -0.598. The van der Waals surface area contributed by atoms with Gasteiger partial charge in [-0.05, 0) is 18.8 Å². The molecule has 0 aromatic heterocycles. The summed E-state index contributed by atoms with van der Waals surface area (Å²) in [6.07, 6.45) is 2.13. The Morgan fingerprint density at radius 1 is 1.58 bits per heavy atom. The number of carboxylic acid groups (broad SMARTS) is 1. The first kappa shape index (κ1) is 9.03. The molecule has 4 nitrogen and oxygen atoms in total. The van der Waals surface area contributed by atoms with Crippen LogP contribution in [-0.2, 0) is 9.59 Å². The van der Waals surface area contributed by atoms with E-state index in [1.165, 1.54) is 6.92 Å². The fourth-order valence-electron chi connectivity index (χ4n) is 1.28. The standard InChI is InChI=1S/C8H13NO3/c1-5(10)9-7(4-8(11)12)6-2-3-6/h6-7H,2-4H2,1H3,(H,9,10)(H,11,12)/t7-/m0/s1. The lowest BCUT2D eigenvalue weighted by Gasteiger charge is -2.13. The number of carbonyl (C=O) groups is 2. The van der Waals surface area contributed by atoms with E-state index in [1.54, 1.807) is 0 Å². The summed E-state index contributed by atoms with van der Waals surface area (Å²) in [5.41, 5.74) is 0. The summed E-state index contributed by atoms with van der Waals surface area (Å²) in [7, 11) is 0. The minimum atomic E-state index is -0.847. The molecule has 1 aliphatic rings. The lowest BCUT2D eigenvalue weighted by Crippen LogP contribution is -2.36. The van der Waals surface area contributed by atoms with E-state index in [0.29, 0.717) is 5.92 Å². The van der Waals surface area contributed by atoms with Crippen molar-refractivity contribution in [1.82, 2.24) is 5.32 Å². The van der Waals surface area contributed by atoms with E-state index in [2.05, 4.69) is 5.32 Å². The number of nitrogens with one attached hydrogen (secondary N) is 1. The second-order valence-electron chi connectivity index (χ2n) is 3.24. The Hall–Kier alpha value is -1.06. The van der Waals surface area contributed by atoms with Crippen molar-refractivity contribution in [1.29, 1.82) is 0 Å². The first-order valence-electron chi connectivity index (χ1n) is 4.08. The quantitative estimate of drug-likeness (QED) is 0.642. The molecule has 1 rings (SSSR count). The third kappa shape index (κ3) is 2.90. The van der Waals surface area contributed by atoms with E-state index in [1.807, 2.05) is 0 Å². The van der Waals surface area contributed by atoms with E-state index in [9.17, 15) is 9.59 Å². The number of hydrogen-bond acceptors (Lipinski definition) is 2. The number of amides is 1. The minimum absolute atomic E-state index is 0.0459. The van der Waals surface area contributed by atoms with Gasteiger partial charge in [0, 0.05) is 13.0 Å². The second-order valence-corrected chi connectivity index (χ2v) is 3.24. The lowest BCUT2D eigenvalue weighted by atomic mass is 10.1. The van der Waals surface area contributed by atoms with Crippen LogP contribution in [-0.4, -0.2) is 23.0 Å². The molecule has 1 fully saturated rings. The molecule has 0 bridgehead atoms. The summed E-state index contributed by atoms with van der Waals surface area (Å²) in [4.78, 5) is 21.0. The molecule has 0 aromatic rings. The number of carbonyl (C=O) groups excluding carboxylic acids is 1. The monoisotopic (exact) mass is 171 g/mol. The van der Waals surface area contributed by atoms with E-state index in [0.717, 1.165) is 12.8 Å². The highest BCUT2D eigenvalue weighted by Gasteiger charge is 2.32. The summed E-state index contributed by atoms with van der Waals surface area (Å²) < 4.78 is 0. The Kier molecular flexibility index (Phi) is 2.68. The van der Waals surface area contributed by atoms with Crippen LogP contribution < -0.4 is 5.32 Å². The maximum atomic E-state index is 10.7. The van der Waals surface area contributed by atoms with E-state index in [4.69, 9.17) is 5.11 Å². The van der Waals surface area contributed by atoms with Crippen LogP contribution >= 0.6 is 0 Å². The summed E-state index contributed by atoms with van der Waals surface area (Å²) >= 11 is 0. The molecule has 0 aliphatic heterocycles. The molecule has 0 unspecified atom stereocenters. The minimum Gasteiger partial charge on any atom is -0.481 e. The predicted molar refractivity (Wildman–Crippen MR) is 42.6 cm³/mol. The molecule has 0 saturated heterocycles. The first-order chi connectivity index (χ1) is 5.59. The Balaban J connectivity index is 2.37. The van der Waals surface area contributed by atoms with E-state index >= 15 is 0 Å². The zero-order chi connectivity index (χ0) is 9.14. The van der Waals surface area contributed by atoms with Gasteiger partial charge in [0.05, 0.1) is 6.42 Å². The maximum absolute atomic E-state index is 10.7. The average Bonchev–Trinajstić information content (AvgIpc) is 2.63. The first-order valence-corrected chi connectivity index (χ1v) is 4.08. The van der Waals surface area contributed by atoms with Gasteiger partial charge in [-0.25, -0.2) is 0 Å². The van der Waals surface area contributed by atoms with Gasteiger partial charge in [0.2, 0.25) is 5.91 Å².